The fourth-order valence-corrected chi connectivity index (χ4v) is 3.75. The quantitative estimate of drug-likeness (QED) is 0.432. The van der Waals surface area contributed by atoms with Crippen molar-refractivity contribution in [3.63, 3.8) is 0 Å². The van der Waals surface area contributed by atoms with Gasteiger partial charge >= 0.3 is 0 Å². The van der Waals surface area contributed by atoms with E-state index in [-0.39, 0.29) is 17.9 Å². The molecule has 154 valence electrons. The second kappa shape index (κ2) is 8.84. The molecule has 0 saturated carbocycles. The number of rotatable bonds is 5. The normalized spacial score (nSPS) is 11.7. The number of hydrogen-bond acceptors (Lipinski definition) is 2. The number of amides is 2. The first-order valence-corrected chi connectivity index (χ1v) is 10.3. The minimum absolute atomic E-state index is 0.163. The fourth-order valence-electron chi connectivity index (χ4n) is 3.75. The van der Waals surface area contributed by atoms with E-state index in [1.54, 1.807) is 30.3 Å². The van der Waals surface area contributed by atoms with E-state index >= 15 is 0 Å². The molecule has 0 fully saturated rings. The molecule has 4 aromatic rings. The molecule has 0 aliphatic rings. The highest BCUT2D eigenvalue weighted by Gasteiger charge is 2.15. The van der Waals surface area contributed by atoms with Gasteiger partial charge in [0.25, 0.3) is 11.8 Å². The van der Waals surface area contributed by atoms with E-state index in [9.17, 15) is 9.59 Å². The highest BCUT2D eigenvalue weighted by molar-refractivity contribution is 6.06. The summed E-state index contributed by atoms with van der Waals surface area (Å²) in [6.45, 7) is 3.87. The second-order valence-corrected chi connectivity index (χ2v) is 7.61. The highest BCUT2D eigenvalue weighted by Crippen LogP contribution is 2.24. The van der Waals surface area contributed by atoms with Gasteiger partial charge in [-0.25, -0.2) is 0 Å². The first-order valence-electron chi connectivity index (χ1n) is 10.3. The average molecular weight is 409 g/mol. The number of aryl methyl sites for hydroxylation is 1. The smallest absolute Gasteiger partial charge is 0.255 e. The minimum atomic E-state index is -0.195. The van der Waals surface area contributed by atoms with Crippen LogP contribution in [0.3, 0.4) is 0 Å². The second-order valence-electron chi connectivity index (χ2n) is 7.61. The summed E-state index contributed by atoms with van der Waals surface area (Å²) < 4.78 is 0. The zero-order valence-electron chi connectivity index (χ0n) is 17.6. The largest absolute Gasteiger partial charge is 0.345 e. The van der Waals surface area contributed by atoms with E-state index in [2.05, 4.69) is 28.8 Å². The molecule has 0 aliphatic heterocycles. The van der Waals surface area contributed by atoms with Crippen LogP contribution in [0.1, 0.15) is 44.8 Å². The maximum atomic E-state index is 12.9. The number of anilines is 1. The van der Waals surface area contributed by atoms with Crippen LogP contribution in [0.5, 0.6) is 0 Å². The summed E-state index contributed by atoms with van der Waals surface area (Å²) in [4.78, 5) is 25.5. The van der Waals surface area contributed by atoms with Gasteiger partial charge in [-0.1, -0.05) is 66.7 Å². The van der Waals surface area contributed by atoms with Gasteiger partial charge in [-0.3, -0.25) is 9.59 Å². The Kier molecular flexibility index (Phi) is 5.80. The van der Waals surface area contributed by atoms with E-state index in [1.807, 2.05) is 56.3 Å². The number of benzene rings is 4. The first-order chi connectivity index (χ1) is 15.0. The number of carbonyl (C=O) groups is 2. The van der Waals surface area contributed by atoms with Crippen LogP contribution in [-0.4, -0.2) is 11.8 Å². The summed E-state index contributed by atoms with van der Waals surface area (Å²) in [6, 6.07) is 28.5. The lowest BCUT2D eigenvalue weighted by atomic mass is 9.99. The Morgan fingerprint density at radius 3 is 2.32 bits per heavy atom. The lowest BCUT2D eigenvalue weighted by Gasteiger charge is -2.17. The maximum absolute atomic E-state index is 12.9. The highest BCUT2D eigenvalue weighted by atomic mass is 16.2. The zero-order chi connectivity index (χ0) is 21.8. The van der Waals surface area contributed by atoms with Gasteiger partial charge in [0.2, 0.25) is 0 Å². The molecule has 0 unspecified atom stereocenters. The molecule has 2 amide bonds. The van der Waals surface area contributed by atoms with Crippen molar-refractivity contribution in [2.75, 3.05) is 5.32 Å². The molecule has 0 aliphatic carbocycles. The lowest BCUT2D eigenvalue weighted by Crippen LogP contribution is -2.27. The summed E-state index contributed by atoms with van der Waals surface area (Å²) in [6.07, 6.45) is 0. The van der Waals surface area contributed by atoms with Gasteiger partial charge in [0.1, 0.15) is 0 Å². The van der Waals surface area contributed by atoms with Crippen molar-refractivity contribution in [3.8, 4) is 0 Å². The number of carbonyl (C=O) groups excluding carboxylic acids is 2. The average Bonchev–Trinajstić information content (AvgIpc) is 2.79. The van der Waals surface area contributed by atoms with E-state index in [4.69, 9.17) is 0 Å². The predicted molar refractivity (Wildman–Crippen MR) is 125 cm³/mol. The molecule has 0 heterocycles. The van der Waals surface area contributed by atoms with Gasteiger partial charge in [0, 0.05) is 16.8 Å². The molecule has 0 aromatic heterocycles. The monoisotopic (exact) mass is 408 g/mol. The Morgan fingerprint density at radius 2 is 1.48 bits per heavy atom. The molecule has 4 nitrogen and oxygen atoms in total. The van der Waals surface area contributed by atoms with Crippen LogP contribution in [0.15, 0.2) is 91.0 Å². The number of nitrogens with one attached hydrogen (secondary N) is 2. The molecule has 4 heteroatoms. The first kappa shape index (κ1) is 20.4. The van der Waals surface area contributed by atoms with Crippen molar-refractivity contribution in [1.29, 1.82) is 0 Å². The van der Waals surface area contributed by atoms with Crippen molar-refractivity contribution < 1.29 is 9.59 Å². The Labute approximate surface area is 181 Å². The van der Waals surface area contributed by atoms with Gasteiger partial charge in [-0.05, 0) is 60.0 Å². The predicted octanol–water partition coefficient (Wildman–Crippen LogP) is 5.89. The molecule has 0 bridgehead atoms. The standard InChI is InChI=1S/C27H24N2O2/c1-18-9-3-5-14-23(18)27(31)29-22-13-7-12-21(17-22)26(30)28-19(2)24-16-8-11-20-10-4-6-15-25(20)24/h3-17,19H,1-2H3,(H,28,30)(H,29,31)/t19-/m1/s1. The molecule has 0 spiro atoms. The van der Waals surface area contributed by atoms with Crippen LogP contribution in [0.2, 0.25) is 0 Å². The van der Waals surface area contributed by atoms with Gasteiger partial charge in [-0.2, -0.15) is 0 Å². The van der Waals surface area contributed by atoms with E-state index in [0.717, 1.165) is 21.9 Å². The molecule has 4 rings (SSSR count). The SMILES string of the molecule is Cc1ccccc1C(=O)Nc1cccc(C(=O)N[C@H](C)c2cccc3ccccc23)c1. The summed E-state index contributed by atoms with van der Waals surface area (Å²) in [5.74, 6) is -0.382. The minimum Gasteiger partial charge on any atom is -0.345 e. The molecule has 0 saturated heterocycles. The number of fused-ring (bicyclic) bond motifs is 1. The third-order valence-corrected chi connectivity index (χ3v) is 5.41. The van der Waals surface area contributed by atoms with E-state index in [1.165, 1.54) is 0 Å². The van der Waals surface area contributed by atoms with E-state index in [0.29, 0.717) is 16.8 Å². The summed E-state index contributed by atoms with van der Waals surface area (Å²) in [7, 11) is 0. The van der Waals surface area contributed by atoms with Gasteiger partial charge in [-0.15, -0.1) is 0 Å². The third-order valence-electron chi connectivity index (χ3n) is 5.41. The lowest BCUT2D eigenvalue weighted by molar-refractivity contribution is 0.0939. The summed E-state index contributed by atoms with van der Waals surface area (Å²) in [5.41, 5.74) is 3.66. The molecule has 1 atom stereocenters. The van der Waals surface area contributed by atoms with Crippen molar-refractivity contribution in [1.82, 2.24) is 5.32 Å². The fraction of sp³-hybridized carbons (Fsp3) is 0.111. The van der Waals surface area contributed by atoms with Gasteiger partial charge < -0.3 is 10.6 Å². The van der Waals surface area contributed by atoms with Crippen LogP contribution in [0.25, 0.3) is 10.8 Å². The van der Waals surface area contributed by atoms with Crippen LogP contribution < -0.4 is 10.6 Å². The Hall–Kier alpha value is -3.92. The van der Waals surface area contributed by atoms with Crippen molar-refractivity contribution in [2.45, 2.75) is 19.9 Å². The van der Waals surface area contributed by atoms with Crippen molar-refractivity contribution >= 4 is 28.3 Å². The Bertz CT molecular complexity index is 1260. The van der Waals surface area contributed by atoms with Crippen molar-refractivity contribution in [2.24, 2.45) is 0 Å². The van der Waals surface area contributed by atoms with Crippen LogP contribution in [0.4, 0.5) is 5.69 Å². The zero-order valence-corrected chi connectivity index (χ0v) is 17.6. The van der Waals surface area contributed by atoms with Crippen LogP contribution in [0, 0.1) is 6.92 Å². The maximum Gasteiger partial charge on any atom is 0.255 e. The Balaban J connectivity index is 1.50. The third kappa shape index (κ3) is 4.48. The van der Waals surface area contributed by atoms with Crippen LogP contribution in [-0.2, 0) is 0 Å². The molecule has 4 aromatic carbocycles. The number of hydrogen-bond donors (Lipinski definition) is 2. The van der Waals surface area contributed by atoms with Gasteiger partial charge in [0.15, 0.2) is 0 Å². The molecular weight excluding hydrogens is 384 g/mol. The molecule has 2 N–H and O–H groups in total. The Morgan fingerprint density at radius 1 is 0.774 bits per heavy atom. The van der Waals surface area contributed by atoms with Gasteiger partial charge in [0.05, 0.1) is 6.04 Å². The topological polar surface area (TPSA) is 58.2 Å². The van der Waals surface area contributed by atoms with Crippen LogP contribution >= 0.6 is 0 Å². The summed E-state index contributed by atoms with van der Waals surface area (Å²) in [5, 5.41) is 8.22. The summed E-state index contributed by atoms with van der Waals surface area (Å²) >= 11 is 0. The molecular formula is C27H24N2O2. The van der Waals surface area contributed by atoms with Crippen molar-refractivity contribution in [3.05, 3.63) is 113 Å². The molecule has 0 radical (unpaired) electrons. The molecule has 31 heavy (non-hydrogen) atoms. The van der Waals surface area contributed by atoms with E-state index < -0.39 is 0 Å².